The van der Waals surface area contributed by atoms with Crippen LogP contribution >= 0.6 is 0 Å². The lowest BCUT2D eigenvalue weighted by Gasteiger charge is -2.03. The lowest BCUT2D eigenvalue weighted by atomic mass is 10.1. The topological polar surface area (TPSA) is 43.1 Å². The Bertz CT molecular complexity index is 292. The maximum atomic E-state index is 10.5. The molecule has 0 aliphatic heterocycles. The highest BCUT2D eigenvalue weighted by molar-refractivity contribution is 5.84. The first kappa shape index (κ1) is 7.79. The molecule has 11 heavy (non-hydrogen) atoms. The molecule has 58 valence electrons. The molecule has 1 aromatic rings. The van der Waals surface area contributed by atoms with Gasteiger partial charge in [-0.2, -0.15) is 0 Å². The van der Waals surface area contributed by atoms with Crippen LogP contribution in [-0.2, 0) is 0 Å². The van der Waals surface area contributed by atoms with Crippen molar-refractivity contribution >= 4 is 12.0 Å². The standard InChI is InChI=1S/C9H11NO/c1-6-3-7(2)9(10)8(4-6)5-11/h3-5H,10H2,1-2H3. The van der Waals surface area contributed by atoms with Gasteiger partial charge in [-0.3, -0.25) is 4.79 Å². The molecule has 0 saturated heterocycles. The van der Waals surface area contributed by atoms with Crippen LogP contribution in [0.5, 0.6) is 0 Å². The Morgan fingerprint density at radius 1 is 1.36 bits per heavy atom. The number of hydrogen-bond acceptors (Lipinski definition) is 2. The number of nitrogen functional groups attached to an aromatic ring is 1. The zero-order valence-corrected chi connectivity index (χ0v) is 6.72. The number of hydrogen-bond donors (Lipinski definition) is 1. The Kier molecular flexibility index (Phi) is 1.94. The van der Waals surface area contributed by atoms with Gasteiger partial charge in [0, 0.05) is 11.3 Å². The van der Waals surface area contributed by atoms with Crippen molar-refractivity contribution in [3.63, 3.8) is 0 Å². The Hall–Kier alpha value is -1.31. The summed E-state index contributed by atoms with van der Waals surface area (Å²) in [6.45, 7) is 3.84. The summed E-state index contributed by atoms with van der Waals surface area (Å²) in [6, 6.07) is 3.75. The molecular weight excluding hydrogens is 138 g/mol. The summed E-state index contributed by atoms with van der Waals surface area (Å²) in [5.41, 5.74) is 8.84. The molecule has 1 rings (SSSR count). The van der Waals surface area contributed by atoms with Crippen LogP contribution in [0.4, 0.5) is 5.69 Å². The molecule has 0 aromatic heterocycles. The predicted molar refractivity (Wildman–Crippen MR) is 45.7 cm³/mol. The Labute approximate surface area is 66.0 Å². The molecule has 0 atom stereocenters. The summed E-state index contributed by atoms with van der Waals surface area (Å²) in [7, 11) is 0. The highest BCUT2D eigenvalue weighted by Crippen LogP contribution is 2.16. The zero-order valence-electron chi connectivity index (χ0n) is 6.72. The van der Waals surface area contributed by atoms with E-state index >= 15 is 0 Å². The van der Waals surface area contributed by atoms with Crippen LogP contribution in [0, 0.1) is 13.8 Å². The second-order valence-electron chi connectivity index (χ2n) is 2.70. The minimum atomic E-state index is 0.586. The Morgan fingerprint density at radius 3 is 2.55 bits per heavy atom. The van der Waals surface area contributed by atoms with Gasteiger partial charge in [0.15, 0.2) is 6.29 Å². The smallest absolute Gasteiger partial charge is 0.152 e. The maximum Gasteiger partial charge on any atom is 0.152 e. The van der Waals surface area contributed by atoms with Gasteiger partial charge in [0.05, 0.1) is 0 Å². The van der Waals surface area contributed by atoms with Crippen LogP contribution in [0.2, 0.25) is 0 Å². The number of anilines is 1. The number of benzene rings is 1. The average Bonchev–Trinajstić information content (AvgIpc) is 1.96. The summed E-state index contributed by atoms with van der Waals surface area (Å²) in [5, 5.41) is 0. The summed E-state index contributed by atoms with van der Waals surface area (Å²) < 4.78 is 0. The fourth-order valence-corrected chi connectivity index (χ4v) is 1.11. The van der Waals surface area contributed by atoms with Crippen LogP contribution in [0.1, 0.15) is 21.5 Å². The molecule has 0 unspecified atom stereocenters. The van der Waals surface area contributed by atoms with Gasteiger partial charge in [0.1, 0.15) is 0 Å². The average molecular weight is 149 g/mol. The molecule has 0 radical (unpaired) electrons. The normalized spacial score (nSPS) is 9.64. The monoisotopic (exact) mass is 149 g/mol. The van der Waals surface area contributed by atoms with Crippen molar-refractivity contribution in [3.05, 3.63) is 28.8 Å². The van der Waals surface area contributed by atoms with Gasteiger partial charge in [-0.25, -0.2) is 0 Å². The molecule has 0 spiro atoms. The maximum absolute atomic E-state index is 10.5. The van der Waals surface area contributed by atoms with Crippen LogP contribution < -0.4 is 5.73 Å². The van der Waals surface area contributed by atoms with Gasteiger partial charge in [-0.15, -0.1) is 0 Å². The van der Waals surface area contributed by atoms with Gasteiger partial charge in [0.2, 0.25) is 0 Å². The summed E-state index contributed by atoms with van der Waals surface area (Å²) in [6.07, 6.45) is 0.787. The molecule has 0 saturated carbocycles. The van der Waals surface area contributed by atoms with Crippen molar-refractivity contribution in [1.29, 1.82) is 0 Å². The predicted octanol–water partition coefficient (Wildman–Crippen LogP) is 1.70. The lowest BCUT2D eigenvalue weighted by Crippen LogP contribution is -1.96. The number of rotatable bonds is 1. The zero-order chi connectivity index (χ0) is 8.43. The second-order valence-corrected chi connectivity index (χ2v) is 2.70. The number of carbonyl (C=O) groups is 1. The third-order valence-electron chi connectivity index (χ3n) is 1.69. The third kappa shape index (κ3) is 1.40. The first-order chi connectivity index (χ1) is 5.15. The van der Waals surface area contributed by atoms with E-state index in [1.807, 2.05) is 19.9 Å². The summed E-state index contributed by atoms with van der Waals surface area (Å²) in [4.78, 5) is 10.5. The minimum Gasteiger partial charge on any atom is -0.398 e. The molecule has 2 N–H and O–H groups in total. The molecule has 0 fully saturated rings. The SMILES string of the molecule is Cc1cc(C)c(N)c(C=O)c1. The van der Waals surface area contributed by atoms with Crippen molar-refractivity contribution < 1.29 is 4.79 Å². The van der Waals surface area contributed by atoms with E-state index in [0.29, 0.717) is 11.3 Å². The van der Waals surface area contributed by atoms with Crippen LogP contribution in [-0.4, -0.2) is 6.29 Å². The molecule has 0 amide bonds. The highest BCUT2D eigenvalue weighted by Gasteiger charge is 2.00. The number of aryl methyl sites for hydroxylation is 2. The first-order valence-corrected chi connectivity index (χ1v) is 3.47. The van der Waals surface area contributed by atoms with Crippen molar-refractivity contribution in [3.8, 4) is 0 Å². The van der Waals surface area contributed by atoms with Crippen LogP contribution in [0.15, 0.2) is 12.1 Å². The van der Waals surface area contributed by atoms with Crippen molar-refractivity contribution in [2.24, 2.45) is 0 Å². The minimum absolute atomic E-state index is 0.586. The van der Waals surface area contributed by atoms with Crippen LogP contribution in [0.25, 0.3) is 0 Å². The van der Waals surface area contributed by atoms with Crippen molar-refractivity contribution in [2.75, 3.05) is 5.73 Å². The van der Waals surface area contributed by atoms with Gasteiger partial charge in [0.25, 0.3) is 0 Å². The van der Waals surface area contributed by atoms with E-state index in [1.54, 1.807) is 6.07 Å². The van der Waals surface area contributed by atoms with Crippen LogP contribution in [0.3, 0.4) is 0 Å². The van der Waals surface area contributed by atoms with E-state index in [0.717, 1.165) is 17.4 Å². The third-order valence-corrected chi connectivity index (χ3v) is 1.69. The Morgan fingerprint density at radius 2 is 2.00 bits per heavy atom. The van der Waals surface area contributed by atoms with E-state index in [1.165, 1.54) is 0 Å². The van der Waals surface area contributed by atoms with Crippen molar-refractivity contribution in [1.82, 2.24) is 0 Å². The molecule has 0 bridgehead atoms. The van der Waals surface area contributed by atoms with Gasteiger partial charge in [-0.05, 0) is 25.5 Å². The number of carbonyl (C=O) groups excluding carboxylic acids is 1. The van der Waals surface area contributed by atoms with Gasteiger partial charge in [-0.1, -0.05) is 11.6 Å². The number of aldehydes is 1. The largest absolute Gasteiger partial charge is 0.398 e. The highest BCUT2D eigenvalue weighted by atomic mass is 16.1. The van der Waals surface area contributed by atoms with Crippen molar-refractivity contribution in [2.45, 2.75) is 13.8 Å². The van der Waals surface area contributed by atoms with Gasteiger partial charge >= 0.3 is 0 Å². The molecule has 2 heteroatoms. The molecule has 0 aliphatic carbocycles. The molecule has 0 heterocycles. The fourth-order valence-electron chi connectivity index (χ4n) is 1.11. The summed E-state index contributed by atoms with van der Waals surface area (Å²) >= 11 is 0. The Balaban J connectivity index is 3.35. The first-order valence-electron chi connectivity index (χ1n) is 3.47. The second kappa shape index (κ2) is 2.74. The van der Waals surface area contributed by atoms with E-state index in [4.69, 9.17) is 5.73 Å². The van der Waals surface area contributed by atoms with Gasteiger partial charge < -0.3 is 5.73 Å². The van der Waals surface area contributed by atoms with E-state index < -0.39 is 0 Å². The molecule has 0 aliphatic rings. The quantitative estimate of drug-likeness (QED) is 0.487. The van der Waals surface area contributed by atoms with E-state index in [-0.39, 0.29) is 0 Å². The number of nitrogens with two attached hydrogens (primary N) is 1. The fraction of sp³-hybridized carbons (Fsp3) is 0.222. The molecule has 2 nitrogen and oxygen atoms in total. The van der Waals surface area contributed by atoms with E-state index in [2.05, 4.69) is 0 Å². The molecular formula is C9H11NO. The molecule has 1 aromatic carbocycles. The summed E-state index contributed by atoms with van der Waals surface area (Å²) in [5.74, 6) is 0. The lowest BCUT2D eigenvalue weighted by molar-refractivity contribution is 0.112. The van der Waals surface area contributed by atoms with E-state index in [9.17, 15) is 4.79 Å².